The van der Waals surface area contributed by atoms with Crippen molar-refractivity contribution in [1.29, 1.82) is 0 Å². The number of benzene rings is 2. The van der Waals surface area contributed by atoms with Gasteiger partial charge in [-0.25, -0.2) is 0 Å². The molecule has 5 nitrogen and oxygen atoms in total. The first-order chi connectivity index (χ1) is 15.3. The third-order valence-electron chi connectivity index (χ3n) is 6.68. The molecule has 0 radical (unpaired) electrons. The van der Waals surface area contributed by atoms with Gasteiger partial charge in [-0.2, -0.15) is 0 Å². The van der Waals surface area contributed by atoms with Crippen LogP contribution >= 0.6 is 11.3 Å². The van der Waals surface area contributed by atoms with Gasteiger partial charge in [-0.1, -0.05) is 42.5 Å². The molecule has 0 amide bonds. The van der Waals surface area contributed by atoms with Crippen LogP contribution in [0.4, 0.5) is 0 Å². The second-order valence-corrected chi connectivity index (χ2v) is 9.43. The number of rotatable bonds is 4. The highest BCUT2D eigenvalue weighted by molar-refractivity contribution is 7.12. The molecule has 6 rings (SSSR count). The number of aromatic nitrogens is 3. The number of fused-ring (bicyclic) bond motifs is 4. The molecule has 2 aromatic carbocycles. The Morgan fingerprint density at radius 1 is 0.968 bits per heavy atom. The standard InChI is InChI=1S/C25H26N4OS/c1-2-4-21-17-18(5-6-19(21)3-1)7-11-28-12-8-20(9-13-28)23-26-27-24-22-10-16-31-25(22)30-15-14-29(23)24/h1-6,10,16-17,20H,7-9,11-15H2. The largest absolute Gasteiger partial charge is 0.481 e. The number of hydrogen-bond donors (Lipinski definition) is 0. The van der Waals surface area contributed by atoms with Crippen molar-refractivity contribution in [2.45, 2.75) is 31.7 Å². The van der Waals surface area contributed by atoms with Crippen molar-refractivity contribution in [3.63, 3.8) is 0 Å². The van der Waals surface area contributed by atoms with Gasteiger partial charge in [-0.15, -0.1) is 21.5 Å². The number of piperidine rings is 1. The molecule has 1 saturated heterocycles. The molecule has 2 aromatic heterocycles. The number of hydrogen-bond acceptors (Lipinski definition) is 5. The Morgan fingerprint density at radius 3 is 2.74 bits per heavy atom. The fraction of sp³-hybridized carbons (Fsp3) is 0.360. The van der Waals surface area contributed by atoms with Crippen molar-refractivity contribution in [3.05, 3.63) is 65.3 Å². The van der Waals surface area contributed by atoms with Gasteiger partial charge in [0.15, 0.2) is 10.9 Å². The SMILES string of the molecule is c1ccc2cc(CCN3CCC(c4nnc5n4CCOc4sccc4-5)CC3)ccc2c1. The summed E-state index contributed by atoms with van der Waals surface area (Å²) in [5.74, 6) is 2.60. The lowest BCUT2D eigenvalue weighted by Gasteiger charge is -2.31. The van der Waals surface area contributed by atoms with Crippen LogP contribution < -0.4 is 4.74 Å². The molecule has 0 unspecified atom stereocenters. The number of nitrogens with zero attached hydrogens (tertiary/aromatic N) is 4. The Labute approximate surface area is 186 Å². The molecule has 0 aliphatic carbocycles. The average Bonchev–Trinajstić information content (AvgIpc) is 3.41. The van der Waals surface area contributed by atoms with Gasteiger partial charge < -0.3 is 14.2 Å². The first-order valence-electron chi connectivity index (χ1n) is 11.2. The summed E-state index contributed by atoms with van der Waals surface area (Å²) in [6.07, 6.45) is 3.40. The fourth-order valence-electron chi connectivity index (χ4n) is 4.94. The summed E-state index contributed by atoms with van der Waals surface area (Å²) in [6, 6.07) is 17.6. The maximum Gasteiger partial charge on any atom is 0.184 e. The van der Waals surface area contributed by atoms with Gasteiger partial charge in [0.05, 0.1) is 12.1 Å². The van der Waals surface area contributed by atoms with Crippen LogP contribution in [0.2, 0.25) is 0 Å². The molecule has 0 bridgehead atoms. The maximum absolute atomic E-state index is 5.91. The Bertz CT molecular complexity index is 1210. The maximum atomic E-state index is 5.91. The van der Waals surface area contributed by atoms with Gasteiger partial charge in [0.1, 0.15) is 12.4 Å². The highest BCUT2D eigenvalue weighted by atomic mass is 32.1. The molecule has 31 heavy (non-hydrogen) atoms. The van der Waals surface area contributed by atoms with Crippen LogP contribution in [-0.2, 0) is 13.0 Å². The number of ether oxygens (including phenoxy) is 1. The second-order valence-electron chi connectivity index (χ2n) is 8.55. The molecule has 0 saturated carbocycles. The van der Waals surface area contributed by atoms with Crippen LogP contribution in [0.5, 0.6) is 5.06 Å². The summed E-state index contributed by atoms with van der Waals surface area (Å²) < 4.78 is 8.21. The third kappa shape index (κ3) is 3.64. The molecule has 0 N–H and O–H groups in total. The van der Waals surface area contributed by atoms with E-state index in [4.69, 9.17) is 4.74 Å². The van der Waals surface area contributed by atoms with Crippen LogP contribution in [-0.4, -0.2) is 45.9 Å². The molecule has 4 aromatic rings. The first-order valence-corrected chi connectivity index (χ1v) is 12.1. The first kappa shape index (κ1) is 19.0. The zero-order chi connectivity index (χ0) is 20.6. The second kappa shape index (κ2) is 8.09. The quantitative estimate of drug-likeness (QED) is 0.458. The van der Waals surface area contributed by atoms with Gasteiger partial charge in [-0.3, -0.25) is 0 Å². The molecule has 6 heteroatoms. The fourth-order valence-corrected chi connectivity index (χ4v) is 5.70. The summed E-state index contributed by atoms with van der Waals surface area (Å²) in [6.45, 7) is 4.90. The van der Waals surface area contributed by atoms with Crippen molar-refractivity contribution < 1.29 is 4.74 Å². The Balaban J connectivity index is 1.10. The third-order valence-corrected chi connectivity index (χ3v) is 7.51. The minimum absolute atomic E-state index is 0.485. The van der Waals surface area contributed by atoms with E-state index in [-0.39, 0.29) is 0 Å². The van der Waals surface area contributed by atoms with Crippen LogP contribution in [0.25, 0.3) is 22.2 Å². The Kier molecular flexibility index (Phi) is 4.97. The lowest BCUT2D eigenvalue weighted by atomic mass is 9.95. The predicted octanol–water partition coefficient (Wildman–Crippen LogP) is 4.97. The predicted molar refractivity (Wildman–Crippen MR) is 125 cm³/mol. The van der Waals surface area contributed by atoms with E-state index < -0.39 is 0 Å². The number of thiophene rings is 1. The summed E-state index contributed by atoms with van der Waals surface area (Å²) in [4.78, 5) is 2.60. The van der Waals surface area contributed by atoms with E-state index in [0.717, 1.165) is 67.7 Å². The Hall–Kier alpha value is -2.70. The van der Waals surface area contributed by atoms with Crippen LogP contribution in [0.1, 0.15) is 30.1 Å². The molecule has 0 atom stereocenters. The normalized spacial score (nSPS) is 17.2. The lowest BCUT2D eigenvalue weighted by Crippen LogP contribution is -2.35. The molecule has 1 fully saturated rings. The highest BCUT2D eigenvalue weighted by Gasteiger charge is 2.28. The minimum atomic E-state index is 0.485. The zero-order valence-corrected chi connectivity index (χ0v) is 18.4. The van der Waals surface area contributed by atoms with Gasteiger partial charge in [0.25, 0.3) is 0 Å². The smallest absolute Gasteiger partial charge is 0.184 e. The van der Waals surface area contributed by atoms with Crippen molar-refractivity contribution in [3.8, 4) is 16.5 Å². The summed E-state index contributed by atoms with van der Waals surface area (Å²) >= 11 is 1.64. The van der Waals surface area contributed by atoms with E-state index in [9.17, 15) is 0 Å². The minimum Gasteiger partial charge on any atom is -0.481 e. The van der Waals surface area contributed by atoms with Crippen LogP contribution in [0.15, 0.2) is 53.9 Å². The summed E-state index contributed by atoms with van der Waals surface area (Å²) in [5.41, 5.74) is 2.52. The molecular weight excluding hydrogens is 404 g/mol. The van der Waals surface area contributed by atoms with Gasteiger partial charge >= 0.3 is 0 Å². The van der Waals surface area contributed by atoms with E-state index >= 15 is 0 Å². The van der Waals surface area contributed by atoms with Gasteiger partial charge in [-0.05, 0) is 60.1 Å². The molecule has 158 valence electrons. The Morgan fingerprint density at radius 2 is 1.84 bits per heavy atom. The van der Waals surface area contributed by atoms with Crippen molar-refractivity contribution >= 4 is 22.1 Å². The van der Waals surface area contributed by atoms with Crippen molar-refractivity contribution in [2.24, 2.45) is 0 Å². The summed E-state index contributed by atoms with van der Waals surface area (Å²) in [7, 11) is 0. The van der Waals surface area contributed by atoms with Crippen molar-refractivity contribution in [1.82, 2.24) is 19.7 Å². The molecule has 2 aliphatic rings. The lowest BCUT2D eigenvalue weighted by molar-refractivity contribution is 0.208. The highest BCUT2D eigenvalue weighted by Crippen LogP contribution is 2.38. The van der Waals surface area contributed by atoms with E-state index in [1.807, 2.05) is 0 Å². The van der Waals surface area contributed by atoms with Crippen molar-refractivity contribution in [2.75, 3.05) is 26.2 Å². The van der Waals surface area contributed by atoms with E-state index in [0.29, 0.717) is 12.5 Å². The topological polar surface area (TPSA) is 43.2 Å². The summed E-state index contributed by atoms with van der Waals surface area (Å²) in [5, 5.41) is 14.9. The zero-order valence-electron chi connectivity index (χ0n) is 17.5. The van der Waals surface area contributed by atoms with Gasteiger partial charge in [0, 0.05) is 12.5 Å². The molecule has 4 heterocycles. The van der Waals surface area contributed by atoms with E-state index in [1.165, 1.54) is 16.3 Å². The molecule has 0 spiro atoms. The average molecular weight is 431 g/mol. The van der Waals surface area contributed by atoms with Gasteiger partial charge in [0.2, 0.25) is 0 Å². The molecular formula is C25H26N4OS. The number of likely N-dealkylation sites (tertiary alicyclic amines) is 1. The van der Waals surface area contributed by atoms with E-state index in [2.05, 4.69) is 73.6 Å². The van der Waals surface area contributed by atoms with Crippen LogP contribution in [0, 0.1) is 0 Å². The van der Waals surface area contributed by atoms with Crippen LogP contribution in [0.3, 0.4) is 0 Å². The monoisotopic (exact) mass is 430 g/mol. The van der Waals surface area contributed by atoms with E-state index in [1.54, 1.807) is 11.3 Å². The molecule has 2 aliphatic heterocycles.